The quantitative estimate of drug-likeness (QED) is 0.740. The fourth-order valence-corrected chi connectivity index (χ4v) is 0.851. The van der Waals surface area contributed by atoms with Gasteiger partial charge >= 0.3 is 12.1 Å². The van der Waals surface area contributed by atoms with Crippen molar-refractivity contribution in [2.45, 2.75) is 0 Å². The van der Waals surface area contributed by atoms with Gasteiger partial charge in [-0.1, -0.05) is 6.07 Å². The molecule has 0 aliphatic rings. The zero-order valence-electron chi connectivity index (χ0n) is 7.48. The number of hydrogen-bond acceptors (Lipinski definition) is 3. The molecule has 0 heterocycles. The highest BCUT2D eigenvalue weighted by Gasteiger charge is 2.05. The lowest BCUT2D eigenvalue weighted by Gasteiger charge is -2.03. The fraction of sp³-hybridized carbons (Fsp3) is 0.111. The number of carboxylic acid groups (broad SMARTS) is 1. The highest BCUT2D eigenvalue weighted by Crippen LogP contribution is 2.13. The van der Waals surface area contributed by atoms with Crippen LogP contribution >= 0.6 is 0 Å². The molecule has 1 aromatic carbocycles. The van der Waals surface area contributed by atoms with E-state index in [1.165, 1.54) is 31.3 Å². The maximum Gasteiger partial charge on any atom is 0.412 e. The van der Waals surface area contributed by atoms with E-state index < -0.39 is 12.1 Å². The Morgan fingerprint density at radius 2 is 2.14 bits per heavy atom. The molecule has 0 aromatic heterocycles. The third-order valence-corrected chi connectivity index (χ3v) is 1.50. The molecule has 1 rings (SSSR count). The molecule has 0 saturated heterocycles. The van der Waals surface area contributed by atoms with Crippen molar-refractivity contribution in [2.24, 2.45) is 0 Å². The minimum absolute atomic E-state index is 0.0754. The van der Waals surface area contributed by atoms with Crippen LogP contribution in [-0.4, -0.2) is 24.2 Å². The molecule has 0 fully saturated rings. The van der Waals surface area contributed by atoms with Gasteiger partial charge in [0, 0.05) is 7.05 Å². The van der Waals surface area contributed by atoms with E-state index in [0.29, 0.717) is 0 Å². The van der Waals surface area contributed by atoms with Crippen LogP contribution in [0.4, 0.5) is 4.79 Å². The lowest BCUT2D eigenvalue weighted by atomic mass is 10.2. The van der Waals surface area contributed by atoms with Crippen LogP contribution in [-0.2, 0) is 0 Å². The number of amides is 1. The van der Waals surface area contributed by atoms with Gasteiger partial charge in [-0.15, -0.1) is 0 Å². The number of carbonyl (C=O) groups is 2. The van der Waals surface area contributed by atoms with Gasteiger partial charge in [0.25, 0.3) is 0 Å². The molecule has 2 N–H and O–H groups in total. The number of carboxylic acids is 1. The monoisotopic (exact) mass is 195 g/mol. The summed E-state index contributed by atoms with van der Waals surface area (Å²) in [7, 11) is 1.42. The van der Waals surface area contributed by atoms with Gasteiger partial charge < -0.3 is 15.2 Å². The lowest BCUT2D eigenvalue weighted by molar-refractivity contribution is 0.0696. The molecule has 14 heavy (non-hydrogen) atoms. The van der Waals surface area contributed by atoms with Crippen molar-refractivity contribution in [3.8, 4) is 5.75 Å². The van der Waals surface area contributed by atoms with Crippen molar-refractivity contribution >= 4 is 12.1 Å². The van der Waals surface area contributed by atoms with Crippen molar-refractivity contribution in [1.82, 2.24) is 5.32 Å². The highest BCUT2D eigenvalue weighted by molar-refractivity contribution is 5.88. The molecular weight excluding hydrogens is 186 g/mol. The normalized spacial score (nSPS) is 9.21. The Bertz CT molecular complexity index is 362. The number of hydrogen-bond donors (Lipinski definition) is 2. The molecule has 0 aliphatic carbocycles. The van der Waals surface area contributed by atoms with Crippen LogP contribution in [0.2, 0.25) is 0 Å². The average molecular weight is 195 g/mol. The van der Waals surface area contributed by atoms with Gasteiger partial charge in [-0.25, -0.2) is 9.59 Å². The second kappa shape index (κ2) is 4.27. The Balaban J connectivity index is 2.83. The summed E-state index contributed by atoms with van der Waals surface area (Å²) >= 11 is 0. The van der Waals surface area contributed by atoms with E-state index in [4.69, 9.17) is 9.84 Å². The smallest absolute Gasteiger partial charge is 0.412 e. The van der Waals surface area contributed by atoms with E-state index in [9.17, 15) is 9.59 Å². The first-order valence-electron chi connectivity index (χ1n) is 3.86. The summed E-state index contributed by atoms with van der Waals surface area (Å²) < 4.78 is 4.74. The summed E-state index contributed by atoms with van der Waals surface area (Å²) in [6.45, 7) is 0. The van der Waals surface area contributed by atoms with Crippen molar-refractivity contribution in [2.75, 3.05) is 7.05 Å². The molecular formula is C9H9NO4. The van der Waals surface area contributed by atoms with Crippen LogP contribution in [0.3, 0.4) is 0 Å². The number of ether oxygens (including phenoxy) is 1. The van der Waals surface area contributed by atoms with Crippen LogP contribution in [0, 0.1) is 0 Å². The summed E-state index contributed by atoms with van der Waals surface area (Å²) in [6, 6.07) is 5.69. The van der Waals surface area contributed by atoms with Crippen LogP contribution in [0.1, 0.15) is 10.4 Å². The zero-order valence-corrected chi connectivity index (χ0v) is 7.48. The molecule has 0 saturated carbocycles. The van der Waals surface area contributed by atoms with Gasteiger partial charge in [0.05, 0.1) is 5.56 Å². The zero-order chi connectivity index (χ0) is 10.6. The van der Waals surface area contributed by atoms with E-state index in [1.807, 2.05) is 0 Å². The topological polar surface area (TPSA) is 75.6 Å². The van der Waals surface area contributed by atoms with Gasteiger partial charge in [-0.05, 0) is 18.2 Å². The number of carbonyl (C=O) groups excluding carboxylic acids is 1. The molecule has 1 aromatic rings. The third-order valence-electron chi connectivity index (χ3n) is 1.50. The molecule has 0 aliphatic heterocycles. The summed E-state index contributed by atoms with van der Waals surface area (Å²) in [4.78, 5) is 21.3. The number of benzene rings is 1. The van der Waals surface area contributed by atoms with E-state index in [-0.39, 0.29) is 11.3 Å². The first-order valence-corrected chi connectivity index (χ1v) is 3.86. The van der Waals surface area contributed by atoms with Gasteiger partial charge in [0.1, 0.15) is 5.75 Å². The Morgan fingerprint density at radius 1 is 1.43 bits per heavy atom. The summed E-state index contributed by atoms with van der Waals surface area (Å²) in [6.07, 6.45) is -0.632. The molecule has 1 amide bonds. The van der Waals surface area contributed by atoms with Crippen LogP contribution in [0.15, 0.2) is 24.3 Å². The number of nitrogens with one attached hydrogen (secondary N) is 1. The summed E-state index contributed by atoms with van der Waals surface area (Å²) in [5.41, 5.74) is 0.0754. The minimum Gasteiger partial charge on any atom is -0.478 e. The molecule has 0 radical (unpaired) electrons. The number of rotatable bonds is 2. The SMILES string of the molecule is CNC(=O)Oc1cccc(C(=O)O)c1. The molecule has 0 unspecified atom stereocenters. The maximum atomic E-state index is 10.8. The Kier molecular flexibility index (Phi) is 3.06. The van der Waals surface area contributed by atoms with Crippen LogP contribution in [0.5, 0.6) is 5.75 Å². The predicted molar refractivity (Wildman–Crippen MR) is 48.5 cm³/mol. The molecule has 5 heteroatoms. The number of aromatic carboxylic acids is 1. The van der Waals surface area contributed by atoms with E-state index in [1.54, 1.807) is 0 Å². The molecule has 5 nitrogen and oxygen atoms in total. The van der Waals surface area contributed by atoms with Crippen LogP contribution in [0.25, 0.3) is 0 Å². The van der Waals surface area contributed by atoms with Gasteiger partial charge in [0.15, 0.2) is 0 Å². The fourth-order valence-electron chi connectivity index (χ4n) is 0.851. The average Bonchev–Trinajstić information content (AvgIpc) is 2.18. The van der Waals surface area contributed by atoms with Crippen molar-refractivity contribution in [3.05, 3.63) is 29.8 Å². The van der Waals surface area contributed by atoms with Crippen molar-refractivity contribution < 1.29 is 19.4 Å². The first kappa shape index (κ1) is 10.0. The van der Waals surface area contributed by atoms with Gasteiger partial charge in [0.2, 0.25) is 0 Å². The van der Waals surface area contributed by atoms with Crippen molar-refractivity contribution in [1.29, 1.82) is 0 Å². The molecule has 74 valence electrons. The summed E-state index contributed by atoms with van der Waals surface area (Å²) in [5.74, 6) is -0.864. The van der Waals surface area contributed by atoms with Crippen molar-refractivity contribution in [3.63, 3.8) is 0 Å². The lowest BCUT2D eigenvalue weighted by Crippen LogP contribution is -2.22. The predicted octanol–water partition coefficient (Wildman–Crippen LogP) is 1.10. The largest absolute Gasteiger partial charge is 0.478 e. The maximum absolute atomic E-state index is 10.8. The first-order chi connectivity index (χ1) is 6.63. The Morgan fingerprint density at radius 3 is 2.71 bits per heavy atom. The highest BCUT2D eigenvalue weighted by atomic mass is 16.5. The molecule has 0 bridgehead atoms. The third kappa shape index (κ3) is 2.48. The standard InChI is InChI=1S/C9H9NO4/c1-10-9(13)14-7-4-2-3-6(5-7)8(11)12/h2-5H,1H3,(H,10,13)(H,11,12). The second-order valence-electron chi connectivity index (χ2n) is 2.47. The van der Waals surface area contributed by atoms with Crippen LogP contribution < -0.4 is 10.1 Å². The van der Waals surface area contributed by atoms with E-state index in [2.05, 4.69) is 5.32 Å². The Hall–Kier alpha value is -2.04. The van der Waals surface area contributed by atoms with Gasteiger partial charge in [-0.3, -0.25) is 0 Å². The minimum atomic E-state index is -1.06. The Labute approximate surface area is 80.3 Å². The van der Waals surface area contributed by atoms with Gasteiger partial charge in [-0.2, -0.15) is 0 Å². The van der Waals surface area contributed by atoms with E-state index >= 15 is 0 Å². The molecule has 0 spiro atoms. The van der Waals surface area contributed by atoms with E-state index in [0.717, 1.165) is 0 Å². The summed E-state index contributed by atoms with van der Waals surface area (Å²) in [5, 5.41) is 10.9. The second-order valence-corrected chi connectivity index (χ2v) is 2.47. The molecule has 0 atom stereocenters.